The summed E-state index contributed by atoms with van der Waals surface area (Å²) in [5, 5.41) is 12.4. The molecule has 0 fully saturated rings. The van der Waals surface area contributed by atoms with Crippen LogP contribution in [0.25, 0.3) is 0 Å². The lowest BCUT2D eigenvalue weighted by Gasteiger charge is -2.11. The van der Waals surface area contributed by atoms with E-state index in [0.717, 1.165) is 36.1 Å². The van der Waals surface area contributed by atoms with E-state index in [0.29, 0.717) is 5.56 Å². The summed E-state index contributed by atoms with van der Waals surface area (Å²) in [6.07, 6.45) is 2.27. The zero-order valence-electron chi connectivity index (χ0n) is 10.3. The molecule has 1 aromatic carbocycles. The van der Waals surface area contributed by atoms with Crippen LogP contribution in [-0.4, -0.2) is 32.1 Å². The Hall–Kier alpha value is -1.05. The first kappa shape index (κ1) is 14.0. The molecule has 1 N–H and O–H groups in total. The number of nitrogens with one attached hydrogen (secondary N) is 1. The van der Waals surface area contributed by atoms with E-state index in [1.807, 2.05) is 18.2 Å². The smallest absolute Gasteiger partial charge is 0.103 e. The molecule has 0 unspecified atom stereocenters. The SMILES string of the molecule is CN(C)CCCCNc1cccc(Br)c1C#N. The predicted molar refractivity (Wildman–Crippen MR) is 75.1 cm³/mol. The summed E-state index contributed by atoms with van der Waals surface area (Å²) in [4.78, 5) is 2.18. The van der Waals surface area contributed by atoms with Gasteiger partial charge in [-0.15, -0.1) is 0 Å². The highest BCUT2D eigenvalue weighted by Crippen LogP contribution is 2.23. The Labute approximate surface area is 112 Å². The number of benzene rings is 1. The van der Waals surface area contributed by atoms with Gasteiger partial charge in [0.05, 0.1) is 11.3 Å². The van der Waals surface area contributed by atoms with Gasteiger partial charge in [-0.05, 0) is 61.5 Å². The molecule has 0 aromatic heterocycles. The van der Waals surface area contributed by atoms with Crippen LogP contribution in [0.4, 0.5) is 5.69 Å². The summed E-state index contributed by atoms with van der Waals surface area (Å²) < 4.78 is 0.846. The van der Waals surface area contributed by atoms with Crippen molar-refractivity contribution in [2.75, 3.05) is 32.5 Å². The van der Waals surface area contributed by atoms with Gasteiger partial charge < -0.3 is 10.2 Å². The van der Waals surface area contributed by atoms with Crippen molar-refractivity contribution < 1.29 is 0 Å². The normalized spacial score (nSPS) is 10.3. The molecule has 4 heteroatoms. The zero-order chi connectivity index (χ0) is 12.7. The third kappa shape index (κ3) is 4.76. The fourth-order valence-corrected chi connectivity index (χ4v) is 2.02. The first-order valence-electron chi connectivity index (χ1n) is 5.72. The quantitative estimate of drug-likeness (QED) is 0.820. The van der Waals surface area contributed by atoms with Crippen LogP contribution in [0.1, 0.15) is 18.4 Å². The Morgan fingerprint density at radius 1 is 1.35 bits per heavy atom. The van der Waals surface area contributed by atoms with E-state index >= 15 is 0 Å². The van der Waals surface area contributed by atoms with Crippen molar-refractivity contribution in [3.05, 3.63) is 28.2 Å². The molecule has 0 amide bonds. The molecular weight excluding hydrogens is 278 g/mol. The topological polar surface area (TPSA) is 39.1 Å². The summed E-state index contributed by atoms with van der Waals surface area (Å²) in [6, 6.07) is 7.97. The summed E-state index contributed by atoms with van der Waals surface area (Å²) in [6.45, 7) is 2.00. The second-order valence-corrected chi connectivity index (χ2v) is 5.07. The molecule has 17 heavy (non-hydrogen) atoms. The number of rotatable bonds is 6. The molecule has 0 saturated heterocycles. The highest BCUT2D eigenvalue weighted by molar-refractivity contribution is 9.10. The average Bonchev–Trinajstić information content (AvgIpc) is 2.28. The van der Waals surface area contributed by atoms with Gasteiger partial charge in [0.2, 0.25) is 0 Å². The Kier molecular flexibility index (Phi) is 6.03. The number of nitriles is 1. The second-order valence-electron chi connectivity index (χ2n) is 4.21. The molecule has 0 heterocycles. The largest absolute Gasteiger partial charge is 0.384 e. The maximum Gasteiger partial charge on any atom is 0.103 e. The standard InChI is InChI=1S/C13H18BrN3/c1-17(2)9-4-3-8-16-13-7-5-6-12(14)11(13)10-15/h5-7,16H,3-4,8-9H2,1-2H3. The van der Waals surface area contributed by atoms with E-state index in [1.54, 1.807) is 0 Å². The third-order valence-corrected chi connectivity index (χ3v) is 3.13. The summed E-state index contributed by atoms with van der Waals surface area (Å²) in [5.41, 5.74) is 1.59. The van der Waals surface area contributed by atoms with Gasteiger partial charge in [0.25, 0.3) is 0 Å². The average molecular weight is 296 g/mol. The van der Waals surface area contributed by atoms with Gasteiger partial charge in [-0.1, -0.05) is 6.07 Å². The lowest BCUT2D eigenvalue weighted by atomic mass is 10.2. The molecule has 0 saturated carbocycles. The molecule has 1 aromatic rings. The second kappa shape index (κ2) is 7.31. The first-order valence-corrected chi connectivity index (χ1v) is 6.51. The van der Waals surface area contributed by atoms with Gasteiger partial charge in [0.1, 0.15) is 6.07 Å². The van der Waals surface area contributed by atoms with Gasteiger partial charge >= 0.3 is 0 Å². The molecule has 0 radical (unpaired) electrons. The van der Waals surface area contributed by atoms with E-state index in [4.69, 9.17) is 5.26 Å². The summed E-state index contributed by atoms with van der Waals surface area (Å²) >= 11 is 3.38. The molecule has 1 rings (SSSR count). The van der Waals surface area contributed by atoms with E-state index in [-0.39, 0.29) is 0 Å². The molecule has 92 valence electrons. The molecular formula is C13H18BrN3. The van der Waals surface area contributed by atoms with Crippen molar-refractivity contribution in [1.82, 2.24) is 4.90 Å². The molecule has 0 spiro atoms. The van der Waals surface area contributed by atoms with Crippen LogP contribution in [0, 0.1) is 11.3 Å². The molecule has 0 bridgehead atoms. The maximum atomic E-state index is 9.05. The summed E-state index contributed by atoms with van der Waals surface area (Å²) in [7, 11) is 4.16. The molecule has 0 aliphatic heterocycles. The fourth-order valence-electron chi connectivity index (χ4n) is 1.56. The monoisotopic (exact) mass is 295 g/mol. The minimum Gasteiger partial charge on any atom is -0.384 e. The molecule has 0 aliphatic carbocycles. The molecule has 3 nitrogen and oxygen atoms in total. The number of halogens is 1. The van der Waals surface area contributed by atoms with Crippen LogP contribution in [0.2, 0.25) is 0 Å². The van der Waals surface area contributed by atoms with Crippen LogP contribution >= 0.6 is 15.9 Å². The van der Waals surface area contributed by atoms with Crippen LogP contribution in [0.5, 0.6) is 0 Å². The number of anilines is 1. The van der Waals surface area contributed by atoms with Crippen LogP contribution < -0.4 is 5.32 Å². The van der Waals surface area contributed by atoms with Crippen molar-refractivity contribution in [1.29, 1.82) is 5.26 Å². The Bertz CT molecular complexity index is 396. The molecule has 0 atom stereocenters. The van der Waals surface area contributed by atoms with Crippen molar-refractivity contribution in [2.24, 2.45) is 0 Å². The zero-order valence-corrected chi connectivity index (χ0v) is 11.9. The van der Waals surface area contributed by atoms with Gasteiger partial charge in [-0.3, -0.25) is 0 Å². The number of hydrogen-bond acceptors (Lipinski definition) is 3. The maximum absolute atomic E-state index is 9.05. The minimum atomic E-state index is 0.681. The van der Waals surface area contributed by atoms with Crippen molar-refractivity contribution in [3.63, 3.8) is 0 Å². The predicted octanol–water partition coefficient (Wildman–Crippen LogP) is 3.07. The highest BCUT2D eigenvalue weighted by atomic mass is 79.9. The van der Waals surface area contributed by atoms with Crippen molar-refractivity contribution in [2.45, 2.75) is 12.8 Å². The Morgan fingerprint density at radius 3 is 2.76 bits per heavy atom. The lowest BCUT2D eigenvalue weighted by Crippen LogP contribution is -2.14. The van der Waals surface area contributed by atoms with Crippen LogP contribution in [0.3, 0.4) is 0 Å². The fraction of sp³-hybridized carbons (Fsp3) is 0.462. The van der Waals surface area contributed by atoms with Crippen LogP contribution in [-0.2, 0) is 0 Å². The first-order chi connectivity index (χ1) is 8.15. The van der Waals surface area contributed by atoms with Gasteiger partial charge in [0, 0.05) is 11.0 Å². The van der Waals surface area contributed by atoms with E-state index in [9.17, 15) is 0 Å². The Morgan fingerprint density at radius 2 is 2.12 bits per heavy atom. The van der Waals surface area contributed by atoms with Gasteiger partial charge in [-0.25, -0.2) is 0 Å². The third-order valence-electron chi connectivity index (χ3n) is 2.47. The van der Waals surface area contributed by atoms with E-state index < -0.39 is 0 Å². The van der Waals surface area contributed by atoms with Crippen molar-refractivity contribution >= 4 is 21.6 Å². The Balaban J connectivity index is 2.42. The number of nitrogens with zero attached hydrogens (tertiary/aromatic N) is 2. The minimum absolute atomic E-state index is 0.681. The van der Waals surface area contributed by atoms with Gasteiger partial charge in [0.15, 0.2) is 0 Å². The lowest BCUT2D eigenvalue weighted by molar-refractivity contribution is 0.396. The van der Waals surface area contributed by atoms with Gasteiger partial charge in [-0.2, -0.15) is 5.26 Å². The van der Waals surface area contributed by atoms with E-state index in [2.05, 4.69) is 46.3 Å². The molecule has 0 aliphatic rings. The number of unbranched alkanes of at least 4 members (excludes halogenated alkanes) is 1. The van der Waals surface area contributed by atoms with Crippen LogP contribution in [0.15, 0.2) is 22.7 Å². The van der Waals surface area contributed by atoms with E-state index in [1.165, 1.54) is 0 Å². The summed E-state index contributed by atoms with van der Waals surface area (Å²) in [5.74, 6) is 0. The number of hydrogen-bond donors (Lipinski definition) is 1. The highest BCUT2D eigenvalue weighted by Gasteiger charge is 2.04. The van der Waals surface area contributed by atoms with Crippen molar-refractivity contribution in [3.8, 4) is 6.07 Å².